The fraction of sp³-hybridized carbons (Fsp3) is 0.857. The molecule has 0 saturated carbocycles. The molecular weight excluding hydrogens is 242 g/mol. The third-order valence-electron chi connectivity index (χ3n) is 3.21. The number of hydrogen-bond donors (Lipinski definition) is 2. The number of rotatable bonds is 7. The van der Waals surface area contributed by atoms with E-state index in [2.05, 4.69) is 31.4 Å². The minimum atomic E-state index is -0.105. The van der Waals surface area contributed by atoms with E-state index in [0.29, 0.717) is 19.0 Å². The van der Waals surface area contributed by atoms with Crippen molar-refractivity contribution in [1.82, 2.24) is 15.5 Å². The highest BCUT2D eigenvalue weighted by atomic mass is 16.2. The predicted molar refractivity (Wildman–Crippen MR) is 75.7 cm³/mol. The minimum absolute atomic E-state index is 0.0572. The Morgan fingerprint density at radius 3 is 2.84 bits per heavy atom. The first-order valence-electron chi connectivity index (χ1n) is 7.33. The van der Waals surface area contributed by atoms with E-state index in [0.717, 1.165) is 25.8 Å². The molecule has 2 N–H and O–H groups in total. The van der Waals surface area contributed by atoms with Gasteiger partial charge in [0, 0.05) is 13.1 Å². The molecule has 1 atom stereocenters. The largest absolute Gasteiger partial charge is 0.354 e. The highest BCUT2D eigenvalue weighted by molar-refractivity contribution is 5.88. The van der Waals surface area contributed by atoms with E-state index in [1.807, 2.05) is 0 Å². The SMILES string of the molecule is CCCNC1CCCN(CC(=O)NCC(C)C)C1=O. The molecule has 19 heavy (non-hydrogen) atoms. The van der Waals surface area contributed by atoms with Crippen LogP contribution in [-0.4, -0.2) is 48.9 Å². The van der Waals surface area contributed by atoms with Gasteiger partial charge in [-0.1, -0.05) is 20.8 Å². The van der Waals surface area contributed by atoms with Gasteiger partial charge < -0.3 is 15.5 Å². The molecule has 1 saturated heterocycles. The topological polar surface area (TPSA) is 61.4 Å². The van der Waals surface area contributed by atoms with Crippen molar-refractivity contribution in [2.75, 3.05) is 26.2 Å². The number of nitrogens with one attached hydrogen (secondary N) is 2. The third-order valence-corrected chi connectivity index (χ3v) is 3.21. The number of nitrogens with zero attached hydrogens (tertiary/aromatic N) is 1. The van der Waals surface area contributed by atoms with Crippen LogP contribution in [0.1, 0.15) is 40.0 Å². The summed E-state index contributed by atoms with van der Waals surface area (Å²) in [5, 5.41) is 6.11. The Morgan fingerprint density at radius 1 is 1.47 bits per heavy atom. The second-order valence-corrected chi connectivity index (χ2v) is 5.61. The Hall–Kier alpha value is -1.10. The molecule has 1 unspecified atom stereocenters. The Labute approximate surface area is 116 Å². The average molecular weight is 269 g/mol. The first-order chi connectivity index (χ1) is 9.04. The number of amides is 2. The van der Waals surface area contributed by atoms with Crippen LogP contribution < -0.4 is 10.6 Å². The fourth-order valence-corrected chi connectivity index (χ4v) is 2.15. The van der Waals surface area contributed by atoms with E-state index in [-0.39, 0.29) is 24.4 Å². The van der Waals surface area contributed by atoms with E-state index in [1.165, 1.54) is 0 Å². The maximum Gasteiger partial charge on any atom is 0.240 e. The summed E-state index contributed by atoms with van der Waals surface area (Å²) in [5.41, 5.74) is 0. The van der Waals surface area contributed by atoms with E-state index in [1.54, 1.807) is 4.90 Å². The van der Waals surface area contributed by atoms with Gasteiger partial charge in [0.1, 0.15) is 0 Å². The van der Waals surface area contributed by atoms with Crippen LogP contribution in [0.4, 0.5) is 0 Å². The Kier molecular flexibility index (Phi) is 6.84. The average Bonchev–Trinajstić information content (AvgIpc) is 2.37. The second-order valence-electron chi connectivity index (χ2n) is 5.61. The molecule has 0 aromatic rings. The summed E-state index contributed by atoms with van der Waals surface area (Å²) in [5.74, 6) is 0.442. The van der Waals surface area contributed by atoms with Crippen molar-refractivity contribution < 1.29 is 9.59 Å². The molecule has 1 aliphatic heterocycles. The van der Waals surface area contributed by atoms with Crippen molar-refractivity contribution in [2.45, 2.75) is 46.1 Å². The number of piperidine rings is 1. The lowest BCUT2D eigenvalue weighted by Crippen LogP contribution is -2.53. The van der Waals surface area contributed by atoms with Crippen LogP contribution in [0, 0.1) is 5.92 Å². The van der Waals surface area contributed by atoms with Crippen molar-refractivity contribution in [3.05, 3.63) is 0 Å². The van der Waals surface area contributed by atoms with Crippen molar-refractivity contribution in [2.24, 2.45) is 5.92 Å². The highest BCUT2D eigenvalue weighted by Crippen LogP contribution is 2.11. The third kappa shape index (κ3) is 5.59. The van der Waals surface area contributed by atoms with Gasteiger partial charge >= 0.3 is 0 Å². The van der Waals surface area contributed by atoms with Crippen LogP contribution in [0.2, 0.25) is 0 Å². The molecule has 0 aromatic carbocycles. The van der Waals surface area contributed by atoms with Gasteiger partial charge in [0.25, 0.3) is 0 Å². The second kappa shape index (κ2) is 8.15. The van der Waals surface area contributed by atoms with Crippen LogP contribution in [0.3, 0.4) is 0 Å². The molecule has 1 fully saturated rings. The summed E-state index contributed by atoms with van der Waals surface area (Å²) in [4.78, 5) is 25.6. The van der Waals surface area contributed by atoms with Crippen molar-refractivity contribution in [3.8, 4) is 0 Å². The van der Waals surface area contributed by atoms with Gasteiger partial charge in [-0.3, -0.25) is 9.59 Å². The quantitative estimate of drug-likeness (QED) is 0.717. The number of carbonyl (C=O) groups is 2. The smallest absolute Gasteiger partial charge is 0.240 e. The van der Waals surface area contributed by atoms with Crippen LogP contribution in [0.5, 0.6) is 0 Å². The molecule has 110 valence electrons. The zero-order valence-electron chi connectivity index (χ0n) is 12.4. The molecule has 1 aliphatic rings. The van der Waals surface area contributed by atoms with E-state index in [4.69, 9.17) is 0 Å². The molecule has 1 heterocycles. The van der Waals surface area contributed by atoms with Gasteiger partial charge in [-0.2, -0.15) is 0 Å². The summed E-state index contributed by atoms with van der Waals surface area (Å²) < 4.78 is 0. The maximum atomic E-state index is 12.2. The fourth-order valence-electron chi connectivity index (χ4n) is 2.15. The van der Waals surface area contributed by atoms with Crippen molar-refractivity contribution in [3.63, 3.8) is 0 Å². The molecule has 2 amide bonds. The van der Waals surface area contributed by atoms with Crippen LogP contribution in [-0.2, 0) is 9.59 Å². The molecule has 0 spiro atoms. The monoisotopic (exact) mass is 269 g/mol. The molecule has 5 heteroatoms. The predicted octanol–water partition coefficient (Wildman–Crippen LogP) is 0.749. The first-order valence-corrected chi connectivity index (χ1v) is 7.33. The Bertz CT molecular complexity index is 305. The Morgan fingerprint density at radius 2 is 2.21 bits per heavy atom. The van der Waals surface area contributed by atoms with E-state index in [9.17, 15) is 9.59 Å². The lowest BCUT2D eigenvalue weighted by molar-refractivity contribution is -0.140. The van der Waals surface area contributed by atoms with Gasteiger partial charge in [-0.05, 0) is 31.7 Å². The van der Waals surface area contributed by atoms with Gasteiger partial charge in [0.15, 0.2) is 0 Å². The highest BCUT2D eigenvalue weighted by Gasteiger charge is 2.29. The summed E-state index contributed by atoms with van der Waals surface area (Å²) in [6.45, 7) is 8.59. The van der Waals surface area contributed by atoms with Crippen molar-refractivity contribution in [1.29, 1.82) is 0 Å². The van der Waals surface area contributed by atoms with Gasteiger partial charge in [0.05, 0.1) is 12.6 Å². The normalized spacial score (nSPS) is 19.9. The lowest BCUT2D eigenvalue weighted by Gasteiger charge is -2.32. The molecule has 0 aliphatic carbocycles. The van der Waals surface area contributed by atoms with Crippen LogP contribution in [0.25, 0.3) is 0 Å². The lowest BCUT2D eigenvalue weighted by atomic mass is 10.0. The molecule has 0 radical (unpaired) electrons. The van der Waals surface area contributed by atoms with Gasteiger partial charge in [-0.25, -0.2) is 0 Å². The minimum Gasteiger partial charge on any atom is -0.354 e. The molecule has 0 aromatic heterocycles. The zero-order chi connectivity index (χ0) is 14.3. The van der Waals surface area contributed by atoms with E-state index < -0.39 is 0 Å². The van der Waals surface area contributed by atoms with Crippen molar-refractivity contribution >= 4 is 11.8 Å². The molecular formula is C14H27N3O2. The summed E-state index contributed by atoms with van der Waals surface area (Å²) in [6, 6.07) is -0.105. The standard InChI is InChI=1S/C14H27N3O2/c1-4-7-15-12-6-5-8-17(14(12)19)10-13(18)16-9-11(2)3/h11-12,15H,4-10H2,1-3H3,(H,16,18). The summed E-state index contributed by atoms with van der Waals surface area (Å²) >= 11 is 0. The summed E-state index contributed by atoms with van der Waals surface area (Å²) in [6.07, 6.45) is 2.85. The number of carbonyl (C=O) groups excluding carboxylic acids is 2. The zero-order valence-corrected chi connectivity index (χ0v) is 12.4. The Balaban J connectivity index is 2.39. The number of likely N-dealkylation sites (tertiary alicyclic amines) is 1. The summed E-state index contributed by atoms with van der Waals surface area (Å²) in [7, 11) is 0. The molecule has 5 nitrogen and oxygen atoms in total. The maximum absolute atomic E-state index is 12.2. The molecule has 0 bridgehead atoms. The molecule has 1 rings (SSSR count). The van der Waals surface area contributed by atoms with Gasteiger partial charge in [0.2, 0.25) is 11.8 Å². The first kappa shape index (κ1) is 16.0. The van der Waals surface area contributed by atoms with Crippen LogP contribution >= 0.6 is 0 Å². The van der Waals surface area contributed by atoms with Gasteiger partial charge in [-0.15, -0.1) is 0 Å². The van der Waals surface area contributed by atoms with E-state index >= 15 is 0 Å². The van der Waals surface area contributed by atoms with Crippen LogP contribution in [0.15, 0.2) is 0 Å². The number of hydrogen-bond acceptors (Lipinski definition) is 3.